The number of hydrazine groups is 1. The molecule has 0 radical (unpaired) electrons. The van der Waals surface area contributed by atoms with Crippen molar-refractivity contribution >= 4 is 68.2 Å². The average Bonchev–Trinajstić information content (AvgIpc) is 2.72. The molecule has 0 bridgehead atoms. The minimum atomic E-state index is -4.23. The monoisotopic (exact) mass is 529 g/mol. The summed E-state index contributed by atoms with van der Waals surface area (Å²) in [6.45, 7) is 0. The van der Waals surface area contributed by atoms with Gasteiger partial charge in [-0.15, -0.1) is 16.6 Å². The molecule has 0 saturated heterocycles. The second-order valence-corrected chi connectivity index (χ2v) is 9.46. The zero-order valence-electron chi connectivity index (χ0n) is 15.8. The number of methoxy groups -OCH3 is 2. The quantitative estimate of drug-likeness (QED) is 0.217. The van der Waals surface area contributed by atoms with Crippen LogP contribution in [-0.2, 0) is 14.8 Å². The smallest absolute Gasteiger partial charge is 0.314 e. The Morgan fingerprint density at radius 1 is 1.06 bits per heavy atom. The van der Waals surface area contributed by atoms with Crippen LogP contribution in [0.5, 0.6) is 11.5 Å². The Kier molecular flexibility index (Phi) is 8.63. The molecule has 31 heavy (non-hydrogen) atoms. The summed E-state index contributed by atoms with van der Waals surface area (Å²) in [4.78, 5) is 24.5. The molecule has 0 fully saturated rings. The molecule has 10 nitrogen and oxygen atoms in total. The van der Waals surface area contributed by atoms with E-state index in [1.165, 1.54) is 20.3 Å². The molecule has 0 aromatic heterocycles. The second-order valence-electron chi connectivity index (χ2n) is 5.57. The van der Waals surface area contributed by atoms with Crippen molar-refractivity contribution in [3.8, 4) is 11.5 Å². The van der Waals surface area contributed by atoms with Gasteiger partial charge < -0.3 is 9.47 Å². The largest absolute Gasteiger partial charge is 0.495 e. The molecule has 0 aliphatic heterocycles. The highest BCUT2D eigenvalue weighted by molar-refractivity contribution is 8.00. The van der Waals surface area contributed by atoms with Crippen molar-refractivity contribution in [1.82, 2.24) is 10.3 Å². The zero-order valence-corrected chi connectivity index (χ0v) is 19.7. The fourth-order valence-electron chi connectivity index (χ4n) is 2.18. The summed E-state index contributed by atoms with van der Waals surface area (Å²) in [6.07, 6.45) is 0. The lowest BCUT2D eigenvalue weighted by molar-refractivity contribution is -0.385. The lowest BCUT2D eigenvalue weighted by atomic mass is 10.3. The van der Waals surface area contributed by atoms with Gasteiger partial charge in [0.05, 0.1) is 50.9 Å². The Balaban J connectivity index is 2.09. The van der Waals surface area contributed by atoms with Gasteiger partial charge in [0.15, 0.2) is 5.75 Å². The summed E-state index contributed by atoms with van der Waals surface area (Å²) in [5.41, 5.74) is 1.73. The van der Waals surface area contributed by atoms with Crippen LogP contribution in [0.25, 0.3) is 0 Å². The van der Waals surface area contributed by atoms with Crippen LogP contribution >= 0.6 is 46.6 Å². The number of rotatable bonds is 9. The van der Waals surface area contributed by atoms with Crippen molar-refractivity contribution < 1.29 is 27.6 Å². The maximum absolute atomic E-state index is 12.4. The highest BCUT2D eigenvalue weighted by atomic mass is 35.5. The number of nitrogens with one attached hydrogen (secondary N) is 2. The number of halogens is 3. The van der Waals surface area contributed by atoms with Crippen molar-refractivity contribution in [2.24, 2.45) is 0 Å². The van der Waals surface area contributed by atoms with Crippen LogP contribution in [0.1, 0.15) is 0 Å². The highest BCUT2D eigenvalue weighted by Gasteiger charge is 2.22. The van der Waals surface area contributed by atoms with Gasteiger partial charge in [-0.05, 0) is 12.1 Å². The molecule has 0 aliphatic carbocycles. The first kappa shape index (κ1) is 25.3. The molecule has 168 valence electrons. The fourth-order valence-corrected chi connectivity index (χ4v) is 4.87. The molecule has 15 heteroatoms. The number of ether oxygens (including phenoxy) is 2. The maximum Gasteiger partial charge on any atom is 0.314 e. The fraction of sp³-hybridized carbons (Fsp3) is 0.188. The Labute approximate surface area is 196 Å². The maximum atomic E-state index is 12.4. The van der Waals surface area contributed by atoms with Crippen LogP contribution in [0.2, 0.25) is 15.1 Å². The Morgan fingerprint density at radius 2 is 1.68 bits per heavy atom. The summed E-state index contributed by atoms with van der Waals surface area (Å²) < 4.78 is 34.8. The summed E-state index contributed by atoms with van der Waals surface area (Å²) in [5, 5.41) is 10.9. The number of nitrogens with zero attached hydrogens (tertiary/aromatic N) is 1. The van der Waals surface area contributed by atoms with Crippen LogP contribution in [0.4, 0.5) is 5.69 Å². The average molecular weight is 531 g/mol. The molecule has 0 atom stereocenters. The van der Waals surface area contributed by atoms with Gasteiger partial charge in [-0.2, -0.15) is 0 Å². The Hall–Kier alpha value is -1.96. The topological polar surface area (TPSA) is 137 Å². The molecule has 0 aliphatic rings. The van der Waals surface area contributed by atoms with Crippen molar-refractivity contribution in [3.05, 3.63) is 49.4 Å². The number of thioether (sulfide) groups is 1. The molecule has 0 heterocycles. The predicted octanol–water partition coefficient (Wildman–Crippen LogP) is 3.67. The van der Waals surface area contributed by atoms with E-state index in [0.717, 1.165) is 30.0 Å². The predicted molar refractivity (Wildman–Crippen MR) is 117 cm³/mol. The summed E-state index contributed by atoms with van der Waals surface area (Å²) >= 11 is 18.4. The van der Waals surface area contributed by atoms with Gasteiger partial charge in [-0.1, -0.05) is 34.8 Å². The number of hydrogen-bond acceptors (Lipinski definition) is 8. The Bertz CT molecular complexity index is 1130. The number of amides is 1. The highest BCUT2D eigenvalue weighted by Crippen LogP contribution is 2.39. The molecule has 2 aromatic rings. The van der Waals surface area contributed by atoms with E-state index in [4.69, 9.17) is 44.3 Å². The van der Waals surface area contributed by atoms with Crippen LogP contribution < -0.4 is 19.7 Å². The summed E-state index contributed by atoms with van der Waals surface area (Å²) in [5.74, 6) is -0.851. The minimum Gasteiger partial charge on any atom is -0.495 e. The number of benzene rings is 2. The van der Waals surface area contributed by atoms with Gasteiger partial charge in [0.25, 0.3) is 10.0 Å². The van der Waals surface area contributed by atoms with E-state index in [2.05, 4.69) is 0 Å². The van der Waals surface area contributed by atoms with Crippen LogP contribution in [0, 0.1) is 10.1 Å². The van der Waals surface area contributed by atoms with Gasteiger partial charge in [0.1, 0.15) is 10.6 Å². The normalized spacial score (nSPS) is 11.1. The number of sulfonamides is 1. The first-order valence-corrected chi connectivity index (χ1v) is 11.6. The van der Waals surface area contributed by atoms with E-state index in [1.54, 1.807) is 0 Å². The number of nitro benzene ring substituents is 1. The van der Waals surface area contributed by atoms with Crippen molar-refractivity contribution in [2.75, 3.05) is 20.0 Å². The second kappa shape index (κ2) is 10.6. The van der Waals surface area contributed by atoms with Gasteiger partial charge in [0, 0.05) is 6.07 Å². The van der Waals surface area contributed by atoms with Crippen molar-refractivity contribution in [2.45, 2.75) is 9.79 Å². The van der Waals surface area contributed by atoms with Crippen molar-refractivity contribution in [1.29, 1.82) is 0 Å². The minimum absolute atomic E-state index is 0.0244. The molecule has 0 spiro atoms. The van der Waals surface area contributed by atoms with E-state index in [9.17, 15) is 23.3 Å². The zero-order chi connectivity index (χ0) is 23.3. The van der Waals surface area contributed by atoms with E-state index >= 15 is 0 Å². The third kappa shape index (κ3) is 6.28. The van der Waals surface area contributed by atoms with Gasteiger partial charge in [-0.25, -0.2) is 8.42 Å². The number of hydrogen-bond donors (Lipinski definition) is 2. The van der Waals surface area contributed by atoms with Crippen LogP contribution in [0.3, 0.4) is 0 Å². The number of nitro groups is 1. The number of carbonyl (C=O) groups is 1. The van der Waals surface area contributed by atoms with Gasteiger partial charge in [-0.3, -0.25) is 20.3 Å². The van der Waals surface area contributed by atoms with Gasteiger partial charge >= 0.3 is 5.69 Å². The summed E-state index contributed by atoms with van der Waals surface area (Å²) in [7, 11) is -1.66. The van der Waals surface area contributed by atoms with E-state index in [0.29, 0.717) is 4.90 Å². The van der Waals surface area contributed by atoms with Crippen LogP contribution in [-0.4, -0.2) is 39.2 Å². The van der Waals surface area contributed by atoms with E-state index in [1.807, 2.05) is 10.3 Å². The third-order valence-corrected chi connectivity index (χ3v) is 7.08. The van der Waals surface area contributed by atoms with Gasteiger partial charge in [0.2, 0.25) is 5.91 Å². The van der Waals surface area contributed by atoms with Crippen molar-refractivity contribution in [3.63, 3.8) is 0 Å². The lowest BCUT2D eigenvalue weighted by Crippen LogP contribution is -2.42. The molecule has 2 rings (SSSR count). The van der Waals surface area contributed by atoms with Crippen LogP contribution in [0.15, 0.2) is 34.1 Å². The molecule has 0 unspecified atom stereocenters. The molecule has 1 amide bonds. The molecule has 2 aromatic carbocycles. The summed E-state index contributed by atoms with van der Waals surface area (Å²) in [6, 6.07) is 4.71. The standard InChI is InChI=1S/C16H14Cl3N3O7S2/c1-28-12-6-14(13(29-2)5-11(12)22(24)25)30-7-16(23)20-21-31(26,27)15-4-9(18)8(17)3-10(15)19/h3-6,21H,7H2,1-2H3,(H,20,23). The first-order valence-electron chi connectivity index (χ1n) is 7.98. The molecule has 0 saturated carbocycles. The molecular weight excluding hydrogens is 517 g/mol. The SMILES string of the molecule is COc1cc([N+](=O)[O-])c(OC)cc1SCC(=O)NNS(=O)(=O)c1cc(Cl)c(Cl)cc1Cl. The lowest BCUT2D eigenvalue weighted by Gasteiger charge is -2.12. The first-order chi connectivity index (χ1) is 14.5. The molecule has 2 N–H and O–H groups in total. The Morgan fingerprint density at radius 3 is 2.26 bits per heavy atom. The third-order valence-electron chi connectivity index (χ3n) is 3.61. The van der Waals surface area contributed by atoms with E-state index < -0.39 is 20.9 Å². The number of carbonyl (C=O) groups excluding carboxylic acids is 1. The molecular formula is C16H14Cl3N3O7S2. The van der Waals surface area contributed by atoms with E-state index in [-0.39, 0.29) is 42.9 Å².